The van der Waals surface area contributed by atoms with Crippen molar-refractivity contribution in [1.29, 1.82) is 0 Å². The summed E-state index contributed by atoms with van der Waals surface area (Å²) in [4.78, 5) is 29.8. The maximum atomic E-state index is 14.4. The van der Waals surface area contributed by atoms with Gasteiger partial charge in [-0.2, -0.15) is 0 Å². The molecule has 0 spiro atoms. The quantitative estimate of drug-likeness (QED) is 0.154. The minimum atomic E-state index is -4.12. The van der Waals surface area contributed by atoms with Crippen molar-refractivity contribution in [2.75, 3.05) is 17.4 Å². The molecule has 4 aromatic carbocycles. The number of halogens is 1. The van der Waals surface area contributed by atoms with Crippen LogP contribution in [0.2, 0.25) is 0 Å². The van der Waals surface area contributed by atoms with Gasteiger partial charge in [0.15, 0.2) is 0 Å². The number of nitrogens with zero attached hydrogens (tertiary/aromatic N) is 2. The van der Waals surface area contributed by atoms with Gasteiger partial charge in [-0.25, -0.2) is 8.42 Å². The van der Waals surface area contributed by atoms with Crippen LogP contribution < -0.4 is 9.62 Å². The molecule has 4 aromatic rings. The lowest BCUT2D eigenvalue weighted by Crippen LogP contribution is -2.53. The molecular weight excluding hydrogens is 638 g/mol. The van der Waals surface area contributed by atoms with Crippen molar-refractivity contribution in [2.45, 2.75) is 50.6 Å². The molecule has 0 aliphatic rings. The molecule has 9 heteroatoms. The van der Waals surface area contributed by atoms with E-state index in [0.29, 0.717) is 12.2 Å². The first-order valence-corrected chi connectivity index (χ1v) is 16.9. The zero-order chi connectivity index (χ0) is 31.5. The first kappa shape index (κ1) is 33.0. The predicted octanol–water partition coefficient (Wildman–Crippen LogP) is 6.51. The van der Waals surface area contributed by atoms with E-state index < -0.39 is 28.5 Å². The Bertz CT molecular complexity index is 1610. The third-order valence-electron chi connectivity index (χ3n) is 7.30. The van der Waals surface area contributed by atoms with Crippen molar-refractivity contribution in [3.8, 4) is 0 Å². The number of para-hydroxylation sites is 1. The van der Waals surface area contributed by atoms with Crippen LogP contribution in [0.3, 0.4) is 0 Å². The molecule has 0 saturated heterocycles. The molecular formula is C35H38BrN3O4S. The Kier molecular flexibility index (Phi) is 11.7. The fourth-order valence-electron chi connectivity index (χ4n) is 4.81. The molecule has 1 atom stereocenters. The van der Waals surface area contributed by atoms with Gasteiger partial charge in [0.05, 0.1) is 10.6 Å². The normalized spacial score (nSPS) is 11.9. The van der Waals surface area contributed by atoms with Crippen LogP contribution in [0.5, 0.6) is 0 Å². The lowest BCUT2D eigenvalue weighted by atomic mass is 10.0. The SMILES string of the molecule is CCCCNC(=O)[C@H](Cc1ccccc1)N(Cc1ccc(Br)cc1)C(=O)CN(c1ccccc1)S(=O)(=O)c1ccc(C)cc1. The molecule has 0 aromatic heterocycles. The molecule has 0 saturated carbocycles. The topological polar surface area (TPSA) is 86.8 Å². The lowest BCUT2D eigenvalue weighted by Gasteiger charge is -2.34. The van der Waals surface area contributed by atoms with Crippen LogP contribution in [0.25, 0.3) is 0 Å². The first-order valence-electron chi connectivity index (χ1n) is 14.7. The van der Waals surface area contributed by atoms with E-state index in [2.05, 4.69) is 21.2 Å². The third kappa shape index (κ3) is 8.80. The maximum Gasteiger partial charge on any atom is 0.264 e. The van der Waals surface area contributed by atoms with Crippen molar-refractivity contribution in [2.24, 2.45) is 0 Å². The summed E-state index contributed by atoms with van der Waals surface area (Å²) in [5, 5.41) is 3.01. The molecule has 0 heterocycles. The molecule has 0 radical (unpaired) electrons. The van der Waals surface area contributed by atoms with Crippen molar-refractivity contribution < 1.29 is 18.0 Å². The third-order valence-corrected chi connectivity index (χ3v) is 9.62. The van der Waals surface area contributed by atoms with Crippen LogP contribution in [-0.2, 0) is 32.6 Å². The summed E-state index contributed by atoms with van der Waals surface area (Å²) in [7, 11) is -4.12. The molecule has 0 bridgehead atoms. The summed E-state index contributed by atoms with van der Waals surface area (Å²) in [6, 6.07) is 31.3. The molecule has 0 aliphatic heterocycles. The van der Waals surface area contributed by atoms with Crippen LogP contribution in [0.4, 0.5) is 5.69 Å². The Morgan fingerprint density at radius 3 is 2.05 bits per heavy atom. The second-order valence-corrected chi connectivity index (χ2v) is 13.4. The molecule has 0 fully saturated rings. The number of anilines is 1. The molecule has 7 nitrogen and oxygen atoms in total. The molecule has 0 unspecified atom stereocenters. The molecule has 4 rings (SSSR count). The van der Waals surface area contributed by atoms with E-state index in [9.17, 15) is 18.0 Å². The van der Waals surface area contributed by atoms with Gasteiger partial charge in [0.25, 0.3) is 10.0 Å². The van der Waals surface area contributed by atoms with E-state index in [0.717, 1.165) is 38.3 Å². The summed E-state index contributed by atoms with van der Waals surface area (Å²) in [5.74, 6) is -0.764. The second-order valence-electron chi connectivity index (χ2n) is 10.7. The van der Waals surface area contributed by atoms with Gasteiger partial charge in [0.2, 0.25) is 11.8 Å². The molecule has 1 N–H and O–H groups in total. The average Bonchev–Trinajstić information content (AvgIpc) is 3.03. The van der Waals surface area contributed by atoms with Gasteiger partial charge in [-0.3, -0.25) is 13.9 Å². The number of nitrogens with one attached hydrogen (secondary N) is 1. The molecule has 230 valence electrons. The number of benzene rings is 4. The van der Waals surface area contributed by atoms with Gasteiger partial charge in [0, 0.05) is 24.0 Å². The number of unbranched alkanes of at least 4 members (excludes halogenated alkanes) is 1. The fourth-order valence-corrected chi connectivity index (χ4v) is 6.49. The summed E-state index contributed by atoms with van der Waals surface area (Å²) >= 11 is 3.46. The van der Waals surface area contributed by atoms with Crippen molar-refractivity contribution >= 4 is 43.5 Å². The summed E-state index contributed by atoms with van der Waals surface area (Å²) < 4.78 is 30.1. The summed E-state index contributed by atoms with van der Waals surface area (Å²) in [6.45, 7) is 4.05. The lowest BCUT2D eigenvalue weighted by molar-refractivity contribution is -0.140. The standard InChI is InChI=1S/C35H38BrN3O4S/c1-3-4-23-37-35(41)33(24-28-11-7-5-8-12-28)38(25-29-17-19-30(36)20-18-29)34(40)26-39(31-13-9-6-10-14-31)44(42,43)32-21-15-27(2)16-22-32/h5-22,33H,3-4,23-26H2,1-2H3,(H,37,41)/t33-/m0/s1. The van der Waals surface area contributed by atoms with Crippen molar-refractivity contribution in [3.63, 3.8) is 0 Å². The zero-order valence-electron chi connectivity index (χ0n) is 25.0. The number of aryl methyl sites for hydroxylation is 1. The second kappa shape index (κ2) is 15.7. The van der Waals surface area contributed by atoms with Crippen LogP contribution >= 0.6 is 15.9 Å². The van der Waals surface area contributed by atoms with E-state index in [4.69, 9.17) is 0 Å². The number of rotatable bonds is 14. The van der Waals surface area contributed by atoms with Crippen LogP contribution in [0.1, 0.15) is 36.5 Å². The Labute approximate surface area is 269 Å². The van der Waals surface area contributed by atoms with Crippen molar-refractivity contribution in [1.82, 2.24) is 10.2 Å². The van der Waals surface area contributed by atoms with Crippen LogP contribution in [0, 0.1) is 6.92 Å². The Morgan fingerprint density at radius 2 is 1.43 bits per heavy atom. The minimum Gasteiger partial charge on any atom is -0.354 e. The minimum absolute atomic E-state index is 0.0809. The highest BCUT2D eigenvalue weighted by Gasteiger charge is 2.34. The Morgan fingerprint density at radius 1 is 0.818 bits per heavy atom. The number of amides is 2. The number of hydrogen-bond donors (Lipinski definition) is 1. The predicted molar refractivity (Wildman–Crippen MR) is 179 cm³/mol. The number of carbonyl (C=O) groups is 2. The highest BCUT2D eigenvalue weighted by Crippen LogP contribution is 2.25. The van der Waals surface area contributed by atoms with E-state index in [-0.39, 0.29) is 23.8 Å². The number of hydrogen-bond acceptors (Lipinski definition) is 4. The molecule has 0 aliphatic carbocycles. The van der Waals surface area contributed by atoms with Gasteiger partial charge < -0.3 is 10.2 Å². The smallest absolute Gasteiger partial charge is 0.264 e. The van der Waals surface area contributed by atoms with E-state index >= 15 is 0 Å². The van der Waals surface area contributed by atoms with Crippen LogP contribution in [0.15, 0.2) is 119 Å². The fraction of sp³-hybridized carbons (Fsp3) is 0.257. The summed E-state index contributed by atoms with van der Waals surface area (Å²) in [5.41, 5.74) is 2.99. The average molecular weight is 677 g/mol. The number of sulfonamides is 1. The summed E-state index contributed by atoms with van der Waals surface area (Å²) in [6.07, 6.45) is 1.99. The molecule has 2 amide bonds. The van der Waals surface area contributed by atoms with Gasteiger partial charge in [-0.05, 0) is 60.9 Å². The van der Waals surface area contributed by atoms with Gasteiger partial charge >= 0.3 is 0 Å². The van der Waals surface area contributed by atoms with E-state index in [1.54, 1.807) is 54.6 Å². The zero-order valence-corrected chi connectivity index (χ0v) is 27.4. The maximum absolute atomic E-state index is 14.4. The first-order chi connectivity index (χ1) is 21.2. The Hall–Kier alpha value is -3.95. The monoisotopic (exact) mass is 675 g/mol. The molecule has 44 heavy (non-hydrogen) atoms. The largest absolute Gasteiger partial charge is 0.354 e. The van der Waals surface area contributed by atoms with E-state index in [1.165, 1.54) is 4.90 Å². The number of carbonyl (C=O) groups excluding carboxylic acids is 2. The van der Waals surface area contributed by atoms with Crippen LogP contribution in [-0.4, -0.2) is 44.3 Å². The van der Waals surface area contributed by atoms with Gasteiger partial charge in [-0.1, -0.05) is 108 Å². The van der Waals surface area contributed by atoms with Gasteiger partial charge in [-0.15, -0.1) is 0 Å². The van der Waals surface area contributed by atoms with Gasteiger partial charge in [0.1, 0.15) is 12.6 Å². The Balaban J connectivity index is 1.76. The highest BCUT2D eigenvalue weighted by molar-refractivity contribution is 9.10. The highest BCUT2D eigenvalue weighted by atomic mass is 79.9. The van der Waals surface area contributed by atoms with E-state index in [1.807, 2.05) is 68.4 Å². The van der Waals surface area contributed by atoms with Crippen molar-refractivity contribution in [3.05, 3.63) is 130 Å².